The van der Waals surface area contributed by atoms with Gasteiger partial charge in [0.15, 0.2) is 0 Å². The molecule has 1 aliphatic carbocycles. The Hall–Kier alpha value is -0.160. The second kappa shape index (κ2) is 2.17. The molecule has 1 unspecified atom stereocenters. The lowest BCUT2D eigenvalue weighted by molar-refractivity contribution is -0.0331. The van der Waals surface area contributed by atoms with Crippen LogP contribution in [-0.2, 0) is 4.74 Å². The van der Waals surface area contributed by atoms with Gasteiger partial charge >= 0.3 is 0 Å². The van der Waals surface area contributed by atoms with E-state index in [1.54, 1.807) is 0 Å². The molecule has 3 atom stereocenters. The average molecular weight is 160 g/mol. The summed E-state index contributed by atoms with van der Waals surface area (Å²) in [5.41, 5.74) is -0.507. The summed E-state index contributed by atoms with van der Waals surface area (Å²) in [7, 11) is 0. The summed E-state index contributed by atoms with van der Waals surface area (Å²) in [6.07, 6.45) is -0.724. The Kier molecular flexibility index (Phi) is 1.47. The Bertz CT molecular complexity index is 166. The molecule has 0 aromatic heterocycles. The number of aliphatic hydroxyl groups excluding tert-OH is 3. The SMILES string of the molecule is OCC1OC2(CC2)[C@H](O)[C@@H]1O. The molecule has 1 saturated carbocycles. The number of rotatable bonds is 1. The zero-order valence-corrected chi connectivity index (χ0v) is 6.10. The van der Waals surface area contributed by atoms with E-state index in [0.717, 1.165) is 12.8 Å². The number of hydrogen-bond acceptors (Lipinski definition) is 4. The summed E-state index contributed by atoms with van der Waals surface area (Å²) >= 11 is 0. The van der Waals surface area contributed by atoms with E-state index in [4.69, 9.17) is 9.84 Å². The number of ether oxygens (including phenoxy) is 1. The molecule has 1 saturated heterocycles. The third kappa shape index (κ3) is 0.906. The third-order valence-corrected chi connectivity index (χ3v) is 2.55. The van der Waals surface area contributed by atoms with Crippen molar-refractivity contribution in [3.63, 3.8) is 0 Å². The third-order valence-electron chi connectivity index (χ3n) is 2.55. The predicted octanol–water partition coefficient (Wildman–Crippen LogP) is -1.37. The standard InChI is InChI=1S/C7H12O4/c8-3-4-5(9)6(10)7(11-4)1-2-7/h4-6,8-10H,1-3H2/t4?,5-,6-/m1/s1. The molecule has 2 fully saturated rings. The zero-order valence-electron chi connectivity index (χ0n) is 6.10. The highest BCUT2D eigenvalue weighted by Gasteiger charge is 2.61. The van der Waals surface area contributed by atoms with Crippen LogP contribution in [0, 0.1) is 0 Å². The molecule has 1 heterocycles. The molecule has 3 N–H and O–H groups in total. The van der Waals surface area contributed by atoms with Crippen molar-refractivity contribution in [2.75, 3.05) is 6.61 Å². The van der Waals surface area contributed by atoms with Gasteiger partial charge in [0.25, 0.3) is 0 Å². The van der Waals surface area contributed by atoms with Gasteiger partial charge in [-0.25, -0.2) is 0 Å². The van der Waals surface area contributed by atoms with Gasteiger partial charge in [-0.2, -0.15) is 0 Å². The molecule has 2 rings (SSSR count). The van der Waals surface area contributed by atoms with Gasteiger partial charge in [-0.3, -0.25) is 0 Å². The fourth-order valence-corrected chi connectivity index (χ4v) is 1.64. The smallest absolute Gasteiger partial charge is 0.111 e. The molecular weight excluding hydrogens is 148 g/mol. The van der Waals surface area contributed by atoms with Crippen molar-refractivity contribution in [2.24, 2.45) is 0 Å². The monoisotopic (exact) mass is 160 g/mol. The number of hydrogen-bond donors (Lipinski definition) is 3. The van der Waals surface area contributed by atoms with E-state index in [1.807, 2.05) is 0 Å². The first kappa shape index (κ1) is 7.49. The molecule has 2 aliphatic rings. The molecule has 64 valence electrons. The molecule has 0 amide bonds. The van der Waals surface area contributed by atoms with Crippen LogP contribution >= 0.6 is 0 Å². The zero-order chi connectivity index (χ0) is 8.06. The van der Waals surface area contributed by atoms with Crippen molar-refractivity contribution >= 4 is 0 Å². The highest BCUT2D eigenvalue weighted by atomic mass is 16.6. The van der Waals surface area contributed by atoms with E-state index in [9.17, 15) is 10.2 Å². The van der Waals surface area contributed by atoms with E-state index in [2.05, 4.69) is 0 Å². The molecule has 0 aromatic carbocycles. The second-order valence-electron chi connectivity index (χ2n) is 3.34. The van der Waals surface area contributed by atoms with Gasteiger partial charge in [-0.05, 0) is 12.8 Å². The first-order valence-corrected chi connectivity index (χ1v) is 3.84. The van der Waals surface area contributed by atoms with E-state index in [-0.39, 0.29) is 6.61 Å². The molecule has 4 heteroatoms. The Labute approximate surface area is 64.4 Å². The van der Waals surface area contributed by atoms with E-state index in [0.29, 0.717) is 0 Å². The summed E-state index contributed by atoms with van der Waals surface area (Å²) in [6.45, 7) is -0.222. The van der Waals surface area contributed by atoms with Crippen molar-refractivity contribution in [3.8, 4) is 0 Å². The summed E-state index contributed by atoms with van der Waals surface area (Å²) in [5, 5.41) is 27.4. The van der Waals surface area contributed by atoms with Gasteiger partial charge in [-0.15, -0.1) is 0 Å². The highest BCUT2D eigenvalue weighted by molar-refractivity contribution is 5.10. The topological polar surface area (TPSA) is 69.9 Å². The van der Waals surface area contributed by atoms with Crippen LogP contribution in [0.2, 0.25) is 0 Å². The molecular formula is C7H12O4. The largest absolute Gasteiger partial charge is 0.394 e. The lowest BCUT2D eigenvalue weighted by Crippen LogP contribution is -2.34. The average Bonchev–Trinajstić information content (AvgIpc) is 2.74. The lowest BCUT2D eigenvalue weighted by atomic mass is 10.1. The van der Waals surface area contributed by atoms with E-state index < -0.39 is 23.9 Å². The lowest BCUT2D eigenvalue weighted by Gasteiger charge is -2.11. The first-order chi connectivity index (χ1) is 5.19. The van der Waals surface area contributed by atoms with Crippen molar-refractivity contribution in [3.05, 3.63) is 0 Å². The summed E-state index contributed by atoms with van der Waals surface area (Å²) < 4.78 is 5.28. The molecule has 1 aliphatic heterocycles. The van der Waals surface area contributed by atoms with E-state index >= 15 is 0 Å². The van der Waals surface area contributed by atoms with Gasteiger partial charge < -0.3 is 20.1 Å². The molecule has 0 bridgehead atoms. The van der Waals surface area contributed by atoms with Gasteiger partial charge in [0.05, 0.1) is 12.2 Å². The van der Waals surface area contributed by atoms with Crippen molar-refractivity contribution in [1.29, 1.82) is 0 Å². The molecule has 0 aromatic rings. The fourth-order valence-electron chi connectivity index (χ4n) is 1.64. The maximum Gasteiger partial charge on any atom is 0.111 e. The molecule has 11 heavy (non-hydrogen) atoms. The van der Waals surface area contributed by atoms with Gasteiger partial charge in [0.2, 0.25) is 0 Å². The number of aliphatic hydroxyl groups is 3. The predicted molar refractivity (Wildman–Crippen MR) is 35.9 cm³/mol. The summed E-state index contributed by atoms with van der Waals surface area (Å²) in [6, 6.07) is 0. The first-order valence-electron chi connectivity index (χ1n) is 3.84. The van der Waals surface area contributed by atoms with Crippen molar-refractivity contribution < 1.29 is 20.1 Å². The summed E-state index contributed by atoms with van der Waals surface area (Å²) in [4.78, 5) is 0. The Morgan fingerprint density at radius 3 is 2.27 bits per heavy atom. The van der Waals surface area contributed by atoms with Crippen LogP contribution in [0.15, 0.2) is 0 Å². The Morgan fingerprint density at radius 1 is 1.36 bits per heavy atom. The minimum absolute atomic E-state index is 0.222. The van der Waals surface area contributed by atoms with Gasteiger partial charge in [0.1, 0.15) is 18.3 Å². The Morgan fingerprint density at radius 2 is 2.00 bits per heavy atom. The molecule has 0 radical (unpaired) electrons. The van der Waals surface area contributed by atoms with Crippen LogP contribution in [0.4, 0.5) is 0 Å². The van der Waals surface area contributed by atoms with Crippen LogP contribution in [0.25, 0.3) is 0 Å². The van der Waals surface area contributed by atoms with Gasteiger partial charge in [0, 0.05) is 0 Å². The second-order valence-corrected chi connectivity index (χ2v) is 3.34. The van der Waals surface area contributed by atoms with Gasteiger partial charge in [-0.1, -0.05) is 0 Å². The quantitative estimate of drug-likeness (QED) is 0.442. The minimum atomic E-state index is -0.914. The summed E-state index contributed by atoms with van der Waals surface area (Å²) in [5.74, 6) is 0. The highest BCUT2D eigenvalue weighted by Crippen LogP contribution is 2.49. The molecule has 4 nitrogen and oxygen atoms in total. The maximum absolute atomic E-state index is 9.40. The minimum Gasteiger partial charge on any atom is -0.394 e. The Balaban J connectivity index is 2.10. The van der Waals surface area contributed by atoms with Crippen molar-refractivity contribution in [2.45, 2.75) is 36.8 Å². The van der Waals surface area contributed by atoms with Crippen LogP contribution < -0.4 is 0 Å². The van der Waals surface area contributed by atoms with Crippen LogP contribution in [-0.4, -0.2) is 45.8 Å². The normalized spacial score (nSPS) is 46.6. The fraction of sp³-hybridized carbons (Fsp3) is 1.00. The van der Waals surface area contributed by atoms with E-state index in [1.165, 1.54) is 0 Å². The molecule has 1 spiro atoms. The van der Waals surface area contributed by atoms with Crippen LogP contribution in [0.5, 0.6) is 0 Å². The van der Waals surface area contributed by atoms with Crippen LogP contribution in [0.3, 0.4) is 0 Å². The maximum atomic E-state index is 9.40. The van der Waals surface area contributed by atoms with Crippen LogP contribution in [0.1, 0.15) is 12.8 Å². The van der Waals surface area contributed by atoms with Crippen molar-refractivity contribution in [1.82, 2.24) is 0 Å².